The van der Waals surface area contributed by atoms with Gasteiger partial charge in [-0.05, 0) is 30.7 Å². The van der Waals surface area contributed by atoms with Gasteiger partial charge in [0.15, 0.2) is 0 Å². The summed E-state index contributed by atoms with van der Waals surface area (Å²) in [5.41, 5.74) is 1.69. The zero-order valence-corrected chi connectivity index (χ0v) is 14.9. The van der Waals surface area contributed by atoms with Crippen LogP contribution in [0.25, 0.3) is 22.3 Å². The van der Waals surface area contributed by atoms with Gasteiger partial charge in [-0.25, -0.2) is 0 Å². The van der Waals surface area contributed by atoms with E-state index in [1.54, 1.807) is 14.2 Å². The maximum Gasteiger partial charge on any atom is 0.140 e. The Morgan fingerprint density at radius 3 is 2.60 bits per heavy atom. The van der Waals surface area contributed by atoms with Crippen LogP contribution in [0, 0.1) is 0 Å². The number of nitrogens with zero attached hydrogens (tertiary/aromatic N) is 1. The molecule has 0 aliphatic carbocycles. The van der Waals surface area contributed by atoms with Gasteiger partial charge in [0.2, 0.25) is 0 Å². The highest BCUT2D eigenvalue weighted by Gasteiger charge is 2.12. The molecule has 4 heteroatoms. The van der Waals surface area contributed by atoms with Crippen LogP contribution in [0.4, 0.5) is 0 Å². The Labute approximate surface area is 147 Å². The Morgan fingerprint density at radius 1 is 1.00 bits per heavy atom. The second-order valence-corrected chi connectivity index (χ2v) is 5.79. The van der Waals surface area contributed by atoms with Gasteiger partial charge in [-0.2, -0.15) is 0 Å². The lowest BCUT2D eigenvalue weighted by Gasteiger charge is -2.11. The lowest BCUT2D eigenvalue weighted by molar-refractivity contribution is 0.394. The Bertz CT molecular complexity index is 928. The number of fused-ring (bicyclic) bond motifs is 1. The molecule has 0 bridgehead atoms. The lowest BCUT2D eigenvalue weighted by atomic mass is 10.1. The predicted molar refractivity (Wildman–Crippen MR) is 100 cm³/mol. The molecule has 1 aromatic heterocycles. The van der Waals surface area contributed by atoms with Gasteiger partial charge in [0.05, 0.1) is 25.1 Å². The molecular weight excluding hydrogens is 314 g/mol. The number of benzene rings is 2. The molecule has 3 aromatic rings. The molecule has 0 spiro atoms. The summed E-state index contributed by atoms with van der Waals surface area (Å²) >= 11 is 0. The first-order chi connectivity index (χ1) is 12.3. The summed E-state index contributed by atoms with van der Waals surface area (Å²) < 4.78 is 16.9. The standard InChI is InChI=1S/C21H23NO3/c1-4-5-12-22-18-14-21(25-19-9-7-6-8-16(18)19)17-11-10-15(23-2)13-20(17)24-3/h6-11,13-14H,4-5,12H2,1-3H3. The van der Waals surface area contributed by atoms with Crippen molar-refractivity contribution in [1.82, 2.24) is 0 Å². The molecule has 0 atom stereocenters. The van der Waals surface area contributed by atoms with E-state index in [-0.39, 0.29) is 0 Å². The SMILES string of the molecule is CCCCN=c1cc(-c2ccc(OC)cc2OC)oc2ccccc12. The number of unbranched alkanes of at least 4 members (excludes halogenated alkanes) is 1. The van der Waals surface area contributed by atoms with E-state index in [9.17, 15) is 0 Å². The molecule has 0 unspecified atom stereocenters. The van der Waals surface area contributed by atoms with Crippen LogP contribution in [0.2, 0.25) is 0 Å². The molecule has 0 saturated heterocycles. The molecule has 0 aliphatic rings. The molecule has 0 radical (unpaired) electrons. The third kappa shape index (κ3) is 3.68. The Morgan fingerprint density at radius 2 is 1.84 bits per heavy atom. The van der Waals surface area contributed by atoms with Crippen molar-refractivity contribution in [3.8, 4) is 22.8 Å². The molecule has 1 heterocycles. The normalized spacial score (nSPS) is 11.7. The first-order valence-corrected chi connectivity index (χ1v) is 8.52. The topological polar surface area (TPSA) is 44.0 Å². The van der Waals surface area contributed by atoms with Crippen molar-refractivity contribution >= 4 is 11.0 Å². The molecule has 0 N–H and O–H groups in total. The first-order valence-electron chi connectivity index (χ1n) is 8.52. The maximum absolute atomic E-state index is 6.13. The zero-order chi connectivity index (χ0) is 17.6. The molecule has 3 rings (SSSR count). The molecule has 0 aliphatic heterocycles. The molecule has 25 heavy (non-hydrogen) atoms. The molecule has 0 amide bonds. The third-order valence-electron chi connectivity index (χ3n) is 4.12. The van der Waals surface area contributed by atoms with Gasteiger partial charge in [0.25, 0.3) is 0 Å². The second-order valence-electron chi connectivity index (χ2n) is 5.79. The zero-order valence-electron chi connectivity index (χ0n) is 14.9. The minimum absolute atomic E-state index is 0.706. The quantitative estimate of drug-likeness (QED) is 0.606. The highest BCUT2D eigenvalue weighted by atomic mass is 16.5. The van der Waals surface area contributed by atoms with E-state index in [4.69, 9.17) is 18.9 Å². The summed E-state index contributed by atoms with van der Waals surface area (Å²) in [6.07, 6.45) is 2.19. The summed E-state index contributed by atoms with van der Waals surface area (Å²) in [4.78, 5) is 4.77. The van der Waals surface area contributed by atoms with Crippen LogP contribution < -0.4 is 14.8 Å². The number of ether oxygens (including phenoxy) is 2. The van der Waals surface area contributed by atoms with Crippen LogP contribution in [-0.4, -0.2) is 20.8 Å². The van der Waals surface area contributed by atoms with E-state index < -0.39 is 0 Å². The van der Waals surface area contributed by atoms with Crippen LogP contribution in [0.3, 0.4) is 0 Å². The fourth-order valence-corrected chi connectivity index (χ4v) is 2.74. The Hall–Kier alpha value is -2.75. The molecule has 2 aromatic carbocycles. The fraction of sp³-hybridized carbons (Fsp3) is 0.286. The molecule has 4 nitrogen and oxygen atoms in total. The largest absolute Gasteiger partial charge is 0.497 e. The summed E-state index contributed by atoms with van der Waals surface area (Å²) in [5, 5.41) is 1.97. The number of rotatable bonds is 6. The average molecular weight is 337 g/mol. The van der Waals surface area contributed by atoms with Crippen LogP contribution in [-0.2, 0) is 0 Å². The van der Waals surface area contributed by atoms with Gasteiger partial charge in [-0.3, -0.25) is 4.99 Å². The summed E-state index contributed by atoms with van der Waals surface area (Å²) in [6.45, 7) is 2.98. The van der Waals surface area contributed by atoms with Crippen LogP contribution in [0.1, 0.15) is 19.8 Å². The van der Waals surface area contributed by atoms with Gasteiger partial charge < -0.3 is 13.9 Å². The van der Waals surface area contributed by atoms with Gasteiger partial charge >= 0.3 is 0 Å². The van der Waals surface area contributed by atoms with E-state index >= 15 is 0 Å². The Balaban J connectivity index is 2.19. The lowest BCUT2D eigenvalue weighted by Crippen LogP contribution is -2.05. The van der Waals surface area contributed by atoms with E-state index in [2.05, 4.69) is 6.92 Å². The molecular formula is C21H23NO3. The first kappa shape index (κ1) is 17.1. The number of hydrogen-bond donors (Lipinski definition) is 0. The van der Waals surface area contributed by atoms with Gasteiger partial charge in [0, 0.05) is 24.1 Å². The van der Waals surface area contributed by atoms with Crippen LogP contribution >= 0.6 is 0 Å². The number of hydrogen-bond acceptors (Lipinski definition) is 4. The fourth-order valence-electron chi connectivity index (χ4n) is 2.74. The monoisotopic (exact) mass is 337 g/mol. The van der Waals surface area contributed by atoms with Crippen molar-refractivity contribution in [3.05, 3.63) is 53.9 Å². The number of methoxy groups -OCH3 is 2. The Kier molecular flexibility index (Phi) is 5.39. The third-order valence-corrected chi connectivity index (χ3v) is 4.12. The summed E-state index contributed by atoms with van der Waals surface area (Å²) in [7, 11) is 3.28. The predicted octanol–water partition coefficient (Wildman–Crippen LogP) is 4.82. The van der Waals surface area contributed by atoms with E-state index in [0.717, 1.165) is 52.8 Å². The number of para-hydroxylation sites is 1. The summed E-state index contributed by atoms with van der Waals surface area (Å²) in [5.74, 6) is 2.18. The molecule has 0 fully saturated rings. The average Bonchev–Trinajstić information content (AvgIpc) is 2.67. The summed E-state index contributed by atoms with van der Waals surface area (Å²) in [6, 6.07) is 15.7. The molecule has 0 saturated carbocycles. The second kappa shape index (κ2) is 7.88. The van der Waals surface area contributed by atoms with Crippen molar-refractivity contribution in [2.24, 2.45) is 4.99 Å². The van der Waals surface area contributed by atoms with Gasteiger partial charge in [-0.1, -0.05) is 25.5 Å². The smallest absolute Gasteiger partial charge is 0.140 e. The van der Waals surface area contributed by atoms with Crippen LogP contribution in [0.5, 0.6) is 11.5 Å². The van der Waals surface area contributed by atoms with Crippen molar-refractivity contribution in [2.75, 3.05) is 20.8 Å². The van der Waals surface area contributed by atoms with Crippen molar-refractivity contribution in [3.63, 3.8) is 0 Å². The van der Waals surface area contributed by atoms with E-state index in [0.29, 0.717) is 5.75 Å². The van der Waals surface area contributed by atoms with E-state index in [1.165, 1.54) is 0 Å². The molecule has 130 valence electrons. The van der Waals surface area contributed by atoms with E-state index in [1.807, 2.05) is 48.5 Å². The van der Waals surface area contributed by atoms with Crippen LogP contribution in [0.15, 0.2) is 57.9 Å². The van der Waals surface area contributed by atoms with Gasteiger partial charge in [-0.15, -0.1) is 0 Å². The van der Waals surface area contributed by atoms with Crippen molar-refractivity contribution < 1.29 is 13.9 Å². The van der Waals surface area contributed by atoms with Crippen molar-refractivity contribution in [1.29, 1.82) is 0 Å². The van der Waals surface area contributed by atoms with Gasteiger partial charge in [0.1, 0.15) is 22.8 Å². The maximum atomic E-state index is 6.13. The minimum Gasteiger partial charge on any atom is -0.497 e. The highest BCUT2D eigenvalue weighted by molar-refractivity contribution is 5.79. The minimum atomic E-state index is 0.706. The highest BCUT2D eigenvalue weighted by Crippen LogP contribution is 2.33. The van der Waals surface area contributed by atoms with Crippen molar-refractivity contribution in [2.45, 2.75) is 19.8 Å².